The van der Waals surface area contributed by atoms with E-state index in [9.17, 15) is 14.7 Å². The van der Waals surface area contributed by atoms with Gasteiger partial charge in [-0.25, -0.2) is 4.79 Å². The molecule has 1 saturated heterocycles. The molecule has 2 aromatic rings. The summed E-state index contributed by atoms with van der Waals surface area (Å²) in [5.74, 6) is -0.686. The molecule has 1 amide bonds. The third-order valence-electron chi connectivity index (χ3n) is 3.78. The van der Waals surface area contributed by atoms with Gasteiger partial charge in [-0.15, -0.1) is 0 Å². The van der Waals surface area contributed by atoms with E-state index in [1.165, 1.54) is 4.57 Å². The second kappa shape index (κ2) is 5.13. The van der Waals surface area contributed by atoms with Crippen LogP contribution in [0.4, 0.5) is 0 Å². The number of aromatic nitrogens is 1. The van der Waals surface area contributed by atoms with Gasteiger partial charge in [0, 0.05) is 6.54 Å². The summed E-state index contributed by atoms with van der Waals surface area (Å²) in [7, 11) is 0. The van der Waals surface area contributed by atoms with E-state index >= 15 is 0 Å². The van der Waals surface area contributed by atoms with E-state index in [0.29, 0.717) is 17.6 Å². The van der Waals surface area contributed by atoms with E-state index in [4.69, 9.17) is 4.42 Å². The van der Waals surface area contributed by atoms with Crippen LogP contribution in [0.1, 0.15) is 12.8 Å². The highest BCUT2D eigenvalue weighted by Crippen LogP contribution is 2.18. The molecule has 6 heteroatoms. The number of para-hydroxylation sites is 2. The van der Waals surface area contributed by atoms with Crippen molar-refractivity contribution < 1.29 is 14.3 Å². The van der Waals surface area contributed by atoms with Crippen LogP contribution in [0, 0.1) is 0 Å². The third-order valence-corrected chi connectivity index (χ3v) is 3.78. The number of nitrogens with zero attached hydrogens (tertiary/aromatic N) is 2. The van der Waals surface area contributed by atoms with Gasteiger partial charge in [0.1, 0.15) is 6.54 Å². The largest absolute Gasteiger partial charge is 0.420 e. The van der Waals surface area contributed by atoms with Gasteiger partial charge in [-0.1, -0.05) is 12.1 Å². The lowest BCUT2D eigenvalue weighted by Gasteiger charge is -2.22. The molecule has 1 aliphatic heterocycles. The molecule has 3 rings (SSSR count). The fourth-order valence-corrected chi connectivity index (χ4v) is 2.74. The van der Waals surface area contributed by atoms with Crippen molar-refractivity contribution in [2.75, 3.05) is 13.2 Å². The van der Waals surface area contributed by atoms with Gasteiger partial charge in [0.2, 0.25) is 5.91 Å². The fraction of sp³-hybridized carbons (Fsp3) is 0.429. The van der Waals surface area contributed by atoms with Crippen LogP contribution in [0.3, 0.4) is 0 Å². The number of oxazole rings is 1. The number of hydrogen-bond donors (Lipinski definition) is 1. The van der Waals surface area contributed by atoms with Gasteiger partial charge in [0.05, 0.1) is 18.2 Å². The Bertz CT molecular complexity index is 688. The molecule has 1 atom stereocenters. The Labute approximate surface area is 115 Å². The maximum Gasteiger partial charge on any atom is 0.420 e. The van der Waals surface area contributed by atoms with E-state index in [1.54, 1.807) is 29.2 Å². The van der Waals surface area contributed by atoms with Crippen LogP contribution < -0.4 is 5.76 Å². The molecule has 0 aliphatic carbocycles. The summed E-state index contributed by atoms with van der Waals surface area (Å²) in [6.45, 7) is 0.549. The molecular formula is C14H16N2O4. The Balaban J connectivity index is 1.88. The first-order chi connectivity index (χ1) is 9.70. The molecule has 1 aromatic heterocycles. The monoisotopic (exact) mass is 276 g/mol. The quantitative estimate of drug-likeness (QED) is 0.889. The number of hydrogen-bond acceptors (Lipinski definition) is 4. The molecule has 20 heavy (non-hydrogen) atoms. The molecule has 1 aromatic carbocycles. The number of carbonyl (C=O) groups is 1. The normalized spacial score (nSPS) is 18.9. The van der Waals surface area contributed by atoms with Crippen LogP contribution in [0.15, 0.2) is 33.5 Å². The van der Waals surface area contributed by atoms with Crippen LogP contribution in [0.2, 0.25) is 0 Å². The minimum absolute atomic E-state index is 0.0349. The SMILES string of the molecule is O=C(Cn1c(=O)oc2ccccc21)N1CCC[C@H]1CO. The van der Waals surface area contributed by atoms with Gasteiger partial charge < -0.3 is 14.4 Å². The van der Waals surface area contributed by atoms with Gasteiger partial charge in [-0.05, 0) is 25.0 Å². The Morgan fingerprint density at radius 2 is 2.20 bits per heavy atom. The first-order valence-corrected chi connectivity index (χ1v) is 6.69. The van der Waals surface area contributed by atoms with Gasteiger partial charge >= 0.3 is 5.76 Å². The molecule has 106 valence electrons. The lowest BCUT2D eigenvalue weighted by atomic mass is 10.2. The summed E-state index contributed by atoms with van der Waals surface area (Å²) in [6.07, 6.45) is 1.70. The second-order valence-corrected chi connectivity index (χ2v) is 4.99. The van der Waals surface area contributed by atoms with Crippen molar-refractivity contribution in [2.45, 2.75) is 25.4 Å². The van der Waals surface area contributed by atoms with E-state index in [1.807, 2.05) is 0 Å². The van der Waals surface area contributed by atoms with Crippen molar-refractivity contribution in [2.24, 2.45) is 0 Å². The standard InChI is InChI=1S/C14H16N2O4/c17-9-10-4-3-7-15(10)13(18)8-16-11-5-1-2-6-12(11)20-14(16)19/h1-2,5-6,10,17H,3-4,7-9H2/t10-/m0/s1. The van der Waals surface area contributed by atoms with Crippen molar-refractivity contribution in [1.82, 2.24) is 9.47 Å². The minimum atomic E-state index is -0.528. The zero-order valence-electron chi connectivity index (χ0n) is 11.0. The maximum atomic E-state index is 12.3. The number of aliphatic hydroxyl groups excluding tert-OH is 1. The molecule has 2 heterocycles. The lowest BCUT2D eigenvalue weighted by molar-refractivity contribution is -0.133. The Morgan fingerprint density at radius 1 is 1.40 bits per heavy atom. The Kier molecular flexibility index (Phi) is 3.31. The Hall–Kier alpha value is -2.08. The predicted molar refractivity (Wildman–Crippen MR) is 72.3 cm³/mol. The zero-order chi connectivity index (χ0) is 14.1. The summed E-state index contributed by atoms with van der Waals surface area (Å²) in [4.78, 5) is 25.8. The fourth-order valence-electron chi connectivity index (χ4n) is 2.74. The smallest absolute Gasteiger partial charge is 0.408 e. The highest BCUT2D eigenvalue weighted by atomic mass is 16.4. The van der Waals surface area contributed by atoms with Gasteiger partial charge in [-0.2, -0.15) is 0 Å². The molecular weight excluding hydrogens is 260 g/mol. The van der Waals surface area contributed by atoms with E-state index in [-0.39, 0.29) is 25.1 Å². The molecule has 0 unspecified atom stereocenters. The first-order valence-electron chi connectivity index (χ1n) is 6.69. The lowest BCUT2D eigenvalue weighted by Crippen LogP contribution is -2.40. The molecule has 0 saturated carbocycles. The highest BCUT2D eigenvalue weighted by Gasteiger charge is 2.28. The summed E-state index contributed by atoms with van der Waals surface area (Å²) >= 11 is 0. The number of carbonyl (C=O) groups excluding carboxylic acids is 1. The van der Waals surface area contributed by atoms with Crippen LogP contribution in [0.5, 0.6) is 0 Å². The van der Waals surface area contributed by atoms with Crippen LogP contribution in [0.25, 0.3) is 11.1 Å². The van der Waals surface area contributed by atoms with E-state index < -0.39 is 5.76 Å². The van der Waals surface area contributed by atoms with Gasteiger partial charge in [0.25, 0.3) is 0 Å². The van der Waals surface area contributed by atoms with Crippen LogP contribution in [-0.4, -0.2) is 39.7 Å². The number of likely N-dealkylation sites (tertiary alicyclic amines) is 1. The van der Waals surface area contributed by atoms with Crippen molar-refractivity contribution in [3.05, 3.63) is 34.8 Å². The van der Waals surface area contributed by atoms with Crippen LogP contribution in [-0.2, 0) is 11.3 Å². The average molecular weight is 276 g/mol. The number of amides is 1. The van der Waals surface area contributed by atoms with Crippen LogP contribution >= 0.6 is 0 Å². The molecule has 1 N–H and O–H groups in total. The number of rotatable bonds is 3. The topological polar surface area (TPSA) is 75.7 Å². The molecule has 0 spiro atoms. The van der Waals surface area contributed by atoms with Crippen molar-refractivity contribution in [3.8, 4) is 0 Å². The zero-order valence-corrected chi connectivity index (χ0v) is 11.0. The first kappa shape index (κ1) is 12.9. The third kappa shape index (κ3) is 2.12. The maximum absolute atomic E-state index is 12.3. The van der Waals surface area contributed by atoms with Crippen molar-refractivity contribution in [3.63, 3.8) is 0 Å². The van der Waals surface area contributed by atoms with Crippen molar-refractivity contribution >= 4 is 17.0 Å². The molecule has 1 aliphatic rings. The number of benzene rings is 1. The van der Waals surface area contributed by atoms with E-state index in [0.717, 1.165) is 12.8 Å². The predicted octanol–water partition coefficient (Wildman–Crippen LogP) is 0.578. The average Bonchev–Trinajstić information content (AvgIpc) is 3.04. The van der Waals surface area contributed by atoms with Crippen molar-refractivity contribution in [1.29, 1.82) is 0 Å². The summed E-state index contributed by atoms with van der Waals surface area (Å²) in [5.41, 5.74) is 1.09. The summed E-state index contributed by atoms with van der Waals surface area (Å²) < 4.78 is 6.44. The Morgan fingerprint density at radius 3 is 3.00 bits per heavy atom. The molecule has 0 bridgehead atoms. The number of fused-ring (bicyclic) bond motifs is 1. The summed E-state index contributed by atoms with van der Waals surface area (Å²) in [5, 5.41) is 9.26. The highest BCUT2D eigenvalue weighted by molar-refractivity contribution is 5.80. The minimum Gasteiger partial charge on any atom is -0.408 e. The second-order valence-electron chi connectivity index (χ2n) is 4.99. The van der Waals surface area contributed by atoms with Gasteiger partial charge in [0.15, 0.2) is 5.58 Å². The van der Waals surface area contributed by atoms with E-state index in [2.05, 4.69) is 0 Å². The number of aliphatic hydroxyl groups is 1. The molecule has 6 nitrogen and oxygen atoms in total. The summed E-state index contributed by atoms with van der Waals surface area (Å²) in [6, 6.07) is 6.89. The molecule has 0 radical (unpaired) electrons. The van der Waals surface area contributed by atoms with Gasteiger partial charge in [-0.3, -0.25) is 9.36 Å². The molecule has 1 fully saturated rings.